The molecule has 2 amide bonds. The Bertz CT molecular complexity index is 701. The lowest BCUT2D eigenvalue weighted by atomic mass is 10.2. The van der Waals surface area contributed by atoms with Crippen molar-refractivity contribution in [3.05, 3.63) is 53.6 Å². The number of ether oxygens (including phenoxy) is 1. The molecule has 0 atom stereocenters. The Kier molecular flexibility index (Phi) is 4.72. The number of hydrogen-bond donors (Lipinski definition) is 1. The number of nitrogens with zero attached hydrogens (tertiary/aromatic N) is 1. The number of carbonyl (C=O) groups is 1. The molecule has 1 saturated carbocycles. The Morgan fingerprint density at radius 3 is 2.74 bits per heavy atom. The van der Waals surface area contributed by atoms with E-state index in [2.05, 4.69) is 5.32 Å². The zero-order valence-corrected chi connectivity index (χ0v) is 13.7. The normalized spacial score (nSPS) is 13.5. The van der Waals surface area contributed by atoms with Crippen LogP contribution in [0.1, 0.15) is 12.8 Å². The van der Waals surface area contributed by atoms with Gasteiger partial charge < -0.3 is 10.1 Å². The molecule has 0 aromatic heterocycles. The molecule has 23 heavy (non-hydrogen) atoms. The van der Waals surface area contributed by atoms with E-state index in [0.29, 0.717) is 28.9 Å². The fraction of sp³-hybridized carbons (Fsp3) is 0.278. The maximum absolute atomic E-state index is 12.8. The molecule has 1 N–H and O–H groups in total. The molecule has 0 saturated heterocycles. The summed E-state index contributed by atoms with van der Waals surface area (Å²) in [5.74, 6) is 1.25. The van der Waals surface area contributed by atoms with E-state index in [1.807, 2.05) is 36.4 Å². The first-order valence-electron chi connectivity index (χ1n) is 7.64. The number of methoxy groups -OCH3 is 1. The molecule has 0 bridgehead atoms. The second kappa shape index (κ2) is 6.92. The highest BCUT2D eigenvalue weighted by atomic mass is 35.5. The molecule has 3 rings (SSSR count). The molecule has 2 aromatic rings. The van der Waals surface area contributed by atoms with Crippen LogP contribution in [-0.4, -0.2) is 19.7 Å². The molecule has 1 aliphatic rings. The van der Waals surface area contributed by atoms with E-state index in [1.54, 1.807) is 24.1 Å². The molecule has 0 aliphatic heterocycles. The zero-order valence-electron chi connectivity index (χ0n) is 13.0. The molecule has 0 unspecified atom stereocenters. The van der Waals surface area contributed by atoms with Gasteiger partial charge in [0.2, 0.25) is 0 Å². The van der Waals surface area contributed by atoms with Gasteiger partial charge in [-0.05, 0) is 49.1 Å². The number of hydrogen-bond acceptors (Lipinski definition) is 2. The molecule has 0 radical (unpaired) electrons. The van der Waals surface area contributed by atoms with Gasteiger partial charge in [0.1, 0.15) is 5.75 Å². The lowest BCUT2D eigenvalue weighted by Crippen LogP contribution is -2.36. The predicted octanol–water partition coefficient (Wildman–Crippen LogP) is 4.80. The van der Waals surface area contributed by atoms with Crippen molar-refractivity contribution in [2.45, 2.75) is 12.8 Å². The van der Waals surface area contributed by atoms with Gasteiger partial charge in [-0.25, -0.2) is 4.79 Å². The van der Waals surface area contributed by atoms with Crippen LogP contribution in [0.2, 0.25) is 5.02 Å². The summed E-state index contributed by atoms with van der Waals surface area (Å²) in [6, 6.07) is 14.5. The Hall–Kier alpha value is -2.20. The van der Waals surface area contributed by atoms with Crippen molar-refractivity contribution in [2.75, 3.05) is 23.9 Å². The highest BCUT2D eigenvalue weighted by molar-refractivity contribution is 6.30. The number of halogens is 1. The van der Waals surface area contributed by atoms with Crippen LogP contribution < -0.4 is 15.0 Å². The van der Waals surface area contributed by atoms with Crippen LogP contribution in [0.4, 0.5) is 16.2 Å². The van der Waals surface area contributed by atoms with Crippen molar-refractivity contribution in [3.8, 4) is 5.75 Å². The van der Waals surface area contributed by atoms with Crippen LogP contribution in [-0.2, 0) is 0 Å². The SMILES string of the molecule is COc1ccccc1N(CC1CC1)C(=O)Nc1cccc(Cl)c1. The van der Waals surface area contributed by atoms with Crippen LogP contribution >= 0.6 is 11.6 Å². The Labute approximate surface area is 141 Å². The first-order chi connectivity index (χ1) is 11.2. The first kappa shape index (κ1) is 15.7. The average Bonchev–Trinajstić information content (AvgIpc) is 3.36. The lowest BCUT2D eigenvalue weighted by Gasteiger charge is -2.25. The smallest absolute Gasteiger partial charge is 0.326 e. The number of urea groups is 1. The summed E-state index contributed by atoms with van der Waals surface area (Å²) in [5.41, 5.74) is 1.46. The number of rotatable bonds is 5. The molecule has 1 aliphatic carbocycles. The predicted molar refractivity (Wildman–Crippen MR) is 93.5 cm³/mol. The van der Waals surface area contributed by atoms with Gasteiger partial charge in [0.05, 0.1) is 12.8 Å². The fourth-order valence-corrected chi connectivity index (χ4v) is 2.65. The average molecular weight is 331 g/mol. The fourth-order valence-electron chi connectivity index (χ4n) is 2.46. The number of para-hydroxylation sites is 2. The molecule has 0 spiro atoms. The highest BCUT2D eigenvalue weighted by Gasteiger charge is 2.29. The van der Waals surface area contributed by atoms with Gasteiger partial charge in [-0.3, -0.25) is 4.90 Å². The highest BCUT2D eigenvalue weighted by Crippen LogP contribution is 2.35. The standard InChI is InChI=1S/C18H19ClN2O2/c1-23-17-8-3-2-7-16(17)21(12-13-9-10-13)18(22)20-15-6-4-5-14(19)11-15/h2-8,11,13H,9-10,12H2,1H3,(H,20,22). The van der Waals surface area contributed by atoms with Gasteiger partial charge >= 0.3 is 6.03 Å². The third-order valence-electron chi connectivity index (χ3n) is 3.83. The van der Waals surface area contributed by atoms with E-state index < -0.39 is 0 Å². The van der Waals surface area contributed by atoms with Gasteiger partial charge in [-0.1, -0.05) is 29.8 Å². The number of amides is 2. The summed E-state index contributed by atoms with van der Waals surface area (Å²) in [7, 11) is 1.61. The van der Waals surface area contributed by atoms with E-state index in [9.17, 15) is 4.79 Å². The van der Waals surface area contributed by atoms with Crippen LogP contribution in [0.5, 0.6) is 5.75 Å². The monoisotopic (exact) mass is 330 g/mol. The minimum absolute atomic E-state index is 0.177. The summed E-state index contributed by atoms with van der Waals surface area (Å²) >= 11 is 5.98. The van der Waals surface area contributed by atoms with Crippen LogP contribution in [0.25, 0.3) is 0 Å². The minimum atomic E-state index is -0.177. The Morgan fingerprint density at radius 1 is 1.26 bits per heavy atom. The van der Waals surface area contributed by atoms with Crippen molar-refractivity contribution in [1.82, 2.24) is 0 Å². The van der Waals surface area contributed by atoms with E-state index in [1.165, 1.54) is 0 Å². The summed E-state index contributed by atoms with van der Waals surface area (Å²) in [6.07, 6.45) is 2.33. The number of benzene rings is 2. The van der Waals surface area contributed by atoms with Crippen LogP contribution in [0.3, 0.4) is 0 Å². The Balaban J connectivity index is 1.84. The summed E-state index contributed by atoms with van der Waals surface area (Å²) < 4.78 is 5.40. The van der Waals surface area contributed by atoms with Gasteiger partial charge in [0.15, 0.2) is 0 Å². The molecule has 1 fully saturated rings. The molecule has 120 valence electrons. The summed E-state index contributed by atoms with van der Waals surface area (Å²) in [6.45, 7) is 0.687. The van der Waals surface area contributed by atoms with Crippen molar-refractivity contribution in [3.63, 3.8) is 0 Å². The molecule has 0 heterocycles. The first-order valence-corrected chi connectivity index (χ1v) is 8.02. The van der Waals surface area contributed by atoms with Crippen molar-refractivity contribution >= 4 is 29.0 Å². The van der Waals surface area contributed by atoms with Crippen molar-refractivity contribution < 1.29 is 9.53 Å². The second-order valence-electron chi connectivity index (χ2n) is 5.67. The zero-order chi connectivity index (χ0) is 16.2. The van der Waals surface area contributed by atoms with E-state index in [-0.39, 0.29) is 6.03 Å². The number of nitrogens with one attached hydrogen (secondary N) is 1. The maximum Gasteiger partial charge on any atom is 0.326 e. The quantitative estimate of drug-likeness (QED) is 0.855. The third-order valence-corrected chi connectivity index (χ3v) is 4.07. The van der Waals surface area contributed by atoms with Crippen molar-refractivity contribution in [1.29, 1.82) is 0 Å². The Morgan fingerprint density at radius 2 is 2.04 bits per heavy atom. The molecular formula is C18H19ClN2O2. The second-order valence-corrected chi connectivity index (χ2v) is 6.10. The minimum Gasteiger partial charge on any atom is -0.495 e. The molecule has 5 heteroatoms. The van der Waals surface area contributed by atoms with Gasteiger partial charge in [-0.2, -0.15) is 0 Å². The maximum atomic E-state index is 12.8. The molecule has 4 nitrogen and oxygen atoms in total. The van der Waals surface area contributed by atoms with Gasteiger partial charge in [0.25, 0.3) is 0 Å². The summed E-state index contributed by atoms with van der Waals surface area (Å²) in [5, 5.41) is 3.50. The van der Waals surface area contributed by atoms with E-state index >= 15 is 0 Å². The van der Waals surface area contributed by atoms with Crippen LogP contribution in [0, 0.1) is 5.92 Å². The van der Waals surface area contributed by atoms with Crippen molar-refractivity contribution in [2.24, 2.45) is 5.92 Å². The number of carbonyl (C=O) groups excluding carboxylic acids is 1. The summed E-state index contributed by atoms with van der Waals surface area (Å²) in [4.78, 5) is 14.5. The lowest BCUT2D eigenvalue weighted by molar-refractivity contribution is 0.256. The van der Waals surface area contributed by atoms with E-state index in [0.717, 1.165) is 18.5 Å². The molecule has 2 aromatic carbocycles. The largest absolute Gasteiger partial charge is 0.495 e. The van der Waals surface area contributed by atoms with E-state index in [4.69, 9.17) is 16.3 Å². The third kappa shape index (κ3) is 3.96. The topological polar surface area (TPSA) is 41.6 Å². The van der Waals surface area contributed by atoms with Gasteiger partial charge in [0, 0.05) is 17.3 Å². The molecular weight excluding hydrogens is 312 g/mol. The van der Waals surface area contributed by atoms with Gasteiger partial charge in [-0.15, -0.1) is 0 Å². The van der Waals surface area contributed by atoms with Crippen LogP contribution in [0.15, 0.2) is 48.5 Å². The number of anilines is 2.